The normalized spacial score (nSPS) is 19.1. The van der Waals surface area contributed by atoms with Crippen LogP contribution in [0.4, 0.5) is 11.5 Å². The lowest BCUT2D eigenvalue weighted by Gasteiger charge is -2.38. The number of sulfonamides is 1. The maximum absolute atomic E-state index is 13.8. The number of carbonyl (C=O) groups excluding carboxylic acids is 1. The number of nitrogens with zero attached hydrogens (tertiary/aromatic N) is 5. The summed E-state index contributed by atoms with van der Waals surface area (Å²) in [5.74, 6) is 0.708. The van der Waals surface area contributed by atoms with Crippen molar-refractivity contribution in [2.24, 2.45) is 5.73 Å². The molecule has 10 nitrogen and oxygen atoms in total. The Labute approximate surface area is 205 Å². The van der Waals surface area contributed by atoms with Gasteiger partial charge >= 0.3 is 0 Å². The van der Waals surface area contributed by atoms with Gasteiger partial charge in [0, 0.05) is 43.5 Å². The van der Waals surface area contributed by atoms with Crippen LogP contribution in [0.15, 0.2) is 30.5 Å². The number of likely N-dealkylation sites (tertiary alicyclic amines) is 1. The lowest BCUT2D eigenvalue weighted by Crippen LogP contribution is -2.56. The van der Waals surface area contributed by atoms with Crippen LogP contribution in [-0.2, 0) is 10.0 Å². The van der Waals surface area contributed by atoms with E-state index in [1.165, 1.54) is 0 Å². The monoisotopic (exact) mass is 497 g/mol. The van der Waals surface area contributed by atoms with Crippen LogP contribution in [-0.4, -0.2) is 65.8 Å². The van der Waals surface area contributed by atoms with E-state index in [0.717, 1.165) is 66.9 Å². The molecule has 11 heteroatoms. The third-order valence-electron chi connectivity index (χ3n) is 6.64. The van der Waals surface area contributed by atoms with Gasteiger partial charge in [0.25, 0.3) is 5.91 Å². The number of rotatable bonds is 5. The maximum atomic E-state index is 13.8. The van der Waals surface area contributed by atoms with Crippen LogP contribution in [0.1, 0.15) is 52.5 Å². The molecule has 2 aliphatic heterocycles. The fraction of sp³-hybridized carbons (Fsp3) is 0.458. The number of hydrogen-bond donors (Lipinski definition) is 2. The van der Waals surface area contributed by atoms with Crippen molar-refractivity contribution in [2.75, 3.05) is 35.5 Å². The SMILES string of the molecule is Cc1ccc(NS(C)(=O)=O)c(C(=O)N2CCCCC2c2cc3nc(N4CC(N)C4)c(C)cn3n2)c1. The van der Waals surface area contributed by atoms with Crippen molar-refractivity contribution in [3.8, 4) is 0 Å². The van der Waals surface area contributed by atoms with Crippen LogP contribution in [0.2, 0.25) is 0 Å². The fourth-order valence-electron chi connectivity index (χ4n) is 4.95. The van der Waals surface area contributed by atoms with Crippen molar-refractivity contribution in [2.45, 2.75) is 45.2 Å². The van der Waals surface area contributed by atoms with E-state index in [2.05, 4.69) is 9.62 Å². The highest BCUT2D eigenvalue weighted by Crippen LogP contribution is 2.34. The average Bonchev–Trinajstić information content (AvgIpc) is 3.19. The highest BCUT2D eigenvalue weighted by atomic mass is 32.2. The summed E-state index contributed by atoms with van der Waals surface area (Å²) in [6.45, 7) is 6.05. The molecule has 0 saturated carbocycles. The quantitative estimate of drug-likeness (QED) is 0.554. The van der Waals surface area contributed by atoms with Crippen LogP contribution >= 0.6 is 0 Å². The summed E-state index contributed by atoms with van der Waals surface area (Å²) in [4.78, 5) is 22.6. The highest BCUT2D eigenvalue weighted by molar-refractivity contribution is 7.92. The molecule has 5 rings (SSSR count). The maximum Gasteiger partial charge on any atom is 0.256 e. The van der Waals surface area contributed by atoms with Crippen molar-refractivity contribution in [3.63, 3.8) is 0 Å². The summed E-state index contributed by atoms with van der Waals surface area (Å²) in [6, 6.07) is 7.08. The molecule has 3 aromatic rings. The minimum Gasteiger partial charge on any atom is -0.353 e. The summed E-state index contributed by atoms with van der Waals surface area (Å²) in [5, 5.41) is 4.79. The molecule has 2 aromatic heterocycles. The van der Waals surface area contributed by atoms with Gasteiger partial charge in [0.15, 0.2) is 5.65 Å². The second-order valence-electron chi connectivity index (χ2n) is 9.72. The highest BCUT2D eigenvalue weighted by Gasteiger charge is 2.32. The van der Waals surface area contributed by atoms with Crippen molar-refractivity contribution < 1.29 is 13.2 Å². The molecule has 1 aromatic carbocycles. The number of benzene rings is 1. The van der Waals surface area contributed by atoms with Gasteiger partial charge in [-0.1, -0.05) is 11.6 Å². The molecule has 0 aliphatic carbocycles. The Bertz CT molecular complexity index is 1400. The summed E-state index contributed by atoms with van der Waals surface area (Å²) in [7, 11) is -3.53. The Morgan fingerprint density at radius 1 is 1.17 bits per heavy atom. The van der Waals surface area contributed by atoms with E-state index in [1.807, 2.05) is 31.0 Å². The second-order valence-corrected chi connectivity index (χ2v) is 11.5. The van der Waals surface area contributed by atoms with E-state index in [-0.39, 0.29) is 23.7 Å². The molecule has 0 bridgehead atoms. The number of nitrogens with one attached hydrogen (secondary N) is 1. The molecule has 2 saturated heterocycles. The van der Waals surface area contributed by atoms with Crippen molar-refractivity contribution in [3.05, 3.63) is 52.8 Å². The fourth-order valence-corrected chi connectivity index (χ4v) is 5.53. The van der Waals surface area contributed by atoms with Gasteiger partial charge in [0.05, 0.1) is 29.2 Å². The first-order valence-electron chi connectivity index (χ1n) is 11.9. The first-order valence-corrected chi connectivity index (χ1v) is 13.7. The second kappa shape index (κ2) is 8.80. The molecule has 3 N–H and O–H groups in total. The van der Waals surface area contributed by atoms with E-state index in [1.54, 1.807) is 22.7 Å². The Balaban J connectivity index is 1.49. The first-order chi connectivity index (χ1) is 16.6. The molecule has 1 atom stereocenters. The number of hydrogen-bond acceptors (Lipinski definition) is 7. The van der Waals surface area contributed by atoms with E-state index in [9.17, 15) is 13.2 Å². The number of nitrogens with two attached hydrogens (primary N) is 1. The standard InChI is InChI=1S/C24H31N7O3S/c1-15-7-8-19(28-35(3,33)34)18(10-15)24(32)30-9-5-4-6-21(30)20-11-22-26-23(29-13-17(25)14-29)16(2)12-31(22)27-20/h7-8,10-12,17,21,28H,4-6,9,13-14,25H2,1-3H3. The molecule has 2 fully saturated rings. The van der Waals surface area contributed by atoms with Gasteiger partial charge in [-0.25, -0.2) is 17.9 Å². The van der Waals surface area contributed by atoms with E-state index in [0.29, 0.717) is 12.1 Å². The van der Waals surface area contributed by atoms with Crippen LogP contribution in [0, 0.1) is 13.8 Å². The van der Waals surface area contributed by atoms with Gasteiger partial charge in [-0.05, 0) is 45.2 Å². The summed E-state index contributed by atoms with van der Waals surface area (Å²) in [6.07, 6.45) is 5.69. The number of aromatic nitrogens is 3. The molecular formula is C24H31N7O3S. The Morgan fingerprint density at radius 3 is 2.66 bits per heavy atom. The summed E-state index contributed by atoms with van der Waals surface area (Å²) in [5.41, 5.74) is 10.0. The van der Waals surface area contributed by atoms with Crippen LogP contribution < -0.4 is 15.4 Å². The lowest BCUT2D eigenvalue weighted by molar-refractivity contribution is 0.0606. The van der Waals surface area contributed by atoms with Crippen LogP contribution in [0.3, 0.4) is 0 Å². The van der Waals surface area contributed by atoms with Crippen LogP contribution in [0.25, 0.3) is 5.65 Å². The zero-order valence-corrected chi connectivity index (χ0v) is 21.0. The van der Waals surface area contributed by atoms with Crippen molar-refractivity contribution >= 4 is 33.1 Å². The predicted molar refractivity (Wildman–Crippen MR) is 135 cm³/mol. The van der Waals surface area contributed by atoms with Gasteiger partial charge in [0.1, 0.15) is 5.82 Å². The molecule has 0 radical (unpaired) electrons. The molecule has 4 heterocycles. The Hall–Kier alpha value is -3.18. The number of fused-ring (bicyclic) bond motifs is 1. The third kappa shape index (κ3) is 4.70. The lowest BCUT2D eigenvalue weighted by atomic mass is 9.97. The van der Waals surface area contributed by atoms with Gasteiger partial charge < -0.3 is 15.5 Å². The first kappa shape index (κ1) is 23.6. The van der Waals surface area contributed by atoms with Gasteiger partial charge in [-0.2, -0.15) is 5.10 Å². The number of anilines is 2. The van der Waals surface area contributed by atoms with Gasteiger partial charge in [-0.15, -0.1) is 0 Å². The Morgan fingerprint density at radius 2 is 1.94 bits per heavy atom. The van der Waals surface area contributed by atoms with E-state index >= 15 is 0 Å². The van der Waals surface area contributed by atoms with E-state index in [4.69, 9.17) is 15.8 Å². The summed E-state index contributed by atoms with van der Waals surface area (Å²) >= 11 is 0. The van der Waals surface area contributed by atoms with Gasteiger partial charge in [-0.3, -0.25) is 9.52 Å². The molecule has 0 spiro atoms. The Kier molecular flexibility index (Phi) is 5.92. The topological polar surface area (TPSA) is 126 Å². The smallest absolute Gasteiger partial charge is 0.256 e. The zero-order valence-electron chi connectivity index (χ0n) is 20.2. The zero-order chi connectivity index (χ0) is 24.9. The molecule has 35 heavy (non-hydrogen) atoms. The number of amides is 1. The number of aryl methyl sites for hydroxylation is 2. The molecule has 1 amide bonds. The number of carbonyl (C=O) groups is 1. The van der Waals surface area contributed by atoms with Crippen LogP contribution in [0.5, 0.6) is 0 Å². The third-order valence-corrected chi connectivity index (χ3v) is 7.23. The van der Waals surface area contributed by atoms with Gasteiger partial charge in [0.2, 0.25) is 10.0 Å². The van der Waals surface area contributed by atoms with E-state index < -0.39 is 10.0 Å². The number of piperidine rings is 1. The molecule has 2 aliphatic rings. The largest absolute Gasteiger partial charge is 0.353 e. The molecule has 186 valence electrons. The van der Waals surface area contributed by atoms with Crippen molar-refractivity contribution in [1.82, 2.24) is 19.5 Å². The van der Waals surface area contributed by atoms with Crippen molar-refractivity contribution in [1.29, 1.82) is 0 Å². The predicted octanol–water partition coefficient (Wildman–Crippen LogP) is 2.23. The minimum atomic E-state index is -3.53. The molecule has 1 unspecified atom stereocenters. The minimum absolute atomic E-state index is 0.179. The molecular weight excluding hydrogens is 466 g/mol. The summed E-state index contributed by atoms with van der Waals surface area (Å²) < 4.78 is 28.1. The average molecular weight is 498 g/mol.